The zero-order valence-electron chi connectivity index (χ0n) is 12.6. The SMILES string of the molecule is CSCC(C)N(C)C1(CN)CCOC(C(C)C)C1. The Morgan fingerprint density at radius 3 is 2.61 bits per heavy atom. The van der Waals surface area contributed by atoms with Crippen molar-refractivity contribution in [3.63, 3.8) is 0 Å². The molecule has 18 heavy (non-hydrogen) atoms. The maximum absolute atomic E-state index is 6.13. The lowest BCUT2D eigenvalue weighted by Crippen LogP contribution is -2.60. The molecule has 0 amide bonds. The third kappa shape index (κ3) is 3.62. The molecule has 1 saturated heterocycles. The maximum atomic E-state index is 6.13. The highest BCUT2D eigenvalue weighted by Gasteiger charge is 2.41. The van der Waals surface area contributed by atoms with Crippen LogP contribution in [0.15, 0.2) is 0 Å². The second-order valence-corrected chi connectivity index (χ2v) is 6.86. The van der Waals surface area contributed by atoms with E-state index in [9.17, 15) is 0 Å². The van der Waals surface area contributed by atoms with Crippen LogP contribution in [-0.2, 0) is 4.74 Å². The van der Waals surface area contributed by atoms with E-state index in [1.54, 1.807) is 0 Å². The molecule has 108 valence electrons. The van der Waals surface area contributed by atoms with Crippen molar-refractivity contribution >= 4 is 11.8 Å². The summed E-state index contributed by atoms with van der Waals surface area (Å²) in [5, 5.41) is 0. The normalized spacial score (nSPS) is 31.0. The molecule has 0 aromatic heterocycles. The van der Waals surface area contributed by atoms with Crippen molar-refractivity contribution in [2.75, 3.05) is 32.2 Å². The minimum atomic E-state index is 0.127. The van der Waals surface area contributed by atoms with E-state index in [4.69, 9.17) is 10.5 Å². The van der Waals surface area contributed by atoms with Crippen LogP contribution < -0.4 is 5.73 Å². The third-order valence-corrected chi connectivity index (χ3v) is 5.24. The minimum Gasteiger partial charge on any atom is -0.378 e. The summed E-state index contributed by atoms with van der Waals surface area (Å²) >= 11 is 1.90. The molecule has 0 aromatic rings. The van der Waals surface area contributed by atoms with Gasteiger partial charge in [-0.3, -0.25) is 4.90 Å². The largest absolute Gasteiger partial charge is 0.378 e. The molecular weight excluding hydrogens is 244 g/mol. The number of hydrogen-bond donors (Lipinski definition) is 1. The van der Waals surface area contributed by atoms with Gasteiger partial charge in [0.15, 0.2) is 0 Å². The molecule has 1 aliphatic rings. The topological polar surface area (TPSA) is 38.5 Å². The van der Waals surface area contributed by atoms with Crippen LogP contribution in [0.4, 0.5) is 0 Å². The fraction of sp³-hybridized carbons (Fsp3) is 1.00. The average molecular weight is 274 g/mol. The lowest BCUT2D eigenvalue weighted by molar-refractivity contribution is -0.0875. The van der Waals surface area contributed by atoms with E-state index < -0.39 is 0 Å². The van der Waals surface area contributed by atoms with Gasteiger partial charge in [-0.25, -0.2) is 0 Å². The highest BCUT2D eigenvalue weighted by Crippen LogP contribution is 2.33. The zero-order chi connectivity index (χ0) is 13.8. The van der Waals surface area contributed by atoms with Crippen LogP contribution in [0.25, 0.3) is 0 Å². The minimum absolute atomic E-state index is 0.127. The first-order chi connectivity index (χ1) is 8.46. The van der Waals surface area contributed by atoms with Gasteiger partial charge in [-0.15, -0.1) is 0 Å². The van der Waals surface area contributed by atoms with Crippen LogP contribution in [0.5, 0.6) is 0 Å². The first-order valence-electron chi connectivity index (χ1n) is 7.00. The number of nitrogens with zero attached hydrogens (tertiary/aromatic N) is 1. The van der Waals surface area contributed by atoms with E-state index in [1.807, 2.05) is 11.8 Å². The van der Waals surface area contributed by atoms with E-state index in [0.29, 0.717) is 18.1 Å². The second-order valence-electron chi connectivity index (χ2n) is 5.95. The average Bonchev–Trinajstić information content (AvgIpc) is 2.38. The van der Waals surface area contributed by atoms with Crippen molar-refractivity contribution in [2.24, 2.45) is 11.7 Å². The number of ether oxygens (including phenoxy) is 1. The molecule has 0 spiro atoms. The Kier molecular flexibility index (Phi) is 6.45. The number of hydrogen-bond acceptors (Lipinski definition) is 4. The van der Waals surface area contributed by atoms with Crippen LogP contribution in [0, 0.1) is 5.92 Å². The molecule has 2 N–H and O–H groups in total. The molecule has 1 aliphatic heterocycles. The monoisotopic (exact) mass is 274 g/mol. The van der Waals surface area contributed by atoms with E-state index in [-0.39, 0.29) is 5.54 Å². The predicted molar refractivity (Wildman–Crippen MR) is 81.2 cm³/mol. The molecule has 3 unspecified atom stereocenters. The van der Waals surface area contributed by atoms with Gasteiger partial charge in [0.2, 0.25) is 0 Å². The Hall–Kier alpha value is 0.230. The summed E-state index contributed by atoms with van der Waals surface area (Å²) in [4.78, 5) is 2.50. The molecule has 1 heterocycles. The number of thioether (sulfide) groups is 1. The summed E-state index contributed by atoms with van der Waals surface area (Å²) in [6.07, 6.45) is 4.64. The van der Waals surface area contributed by atoms with Crippen LogP contribution in [0.3, 0.4) is 0 Å². The molecule has 1 fully saturated rings. The summed E-state index contributed by atoms with van der Waals surface area (Å²) < 4.78 is 5.90. The summed E-state index contributed by atoms with van der Waals surface area (Å²) in [5.41, 5.74) is 6.26. The molecule has 4 heteroatoms. The molecule has 0 aliphatic carbocycles. The summed E-state index contributed by atoms with van der Waals surface area (Å²) in [6.45, 7) is 8.35. The molecule has 0 radical (unpaired) electrons. The molecule has 3 nitrogen and oxygen atoms in total. The van der Waals surface area contributed by atoms with E-state index in [1.165, 1.54) is 0 Å². The Labute approximate surface area is 117 Å². The molecule has 3 atom stereocenters. The molecular formula is C14H30N2OS. The standard InChI is InChI=1S/C14H30N2OS/c1-11(2)13-8-14(10-15,6-7-17-13)16(4)12(3)9-18-5/h11-13H,6-10,15H2,1-5H3. The zero-order valence-corrected chi connectivity index (χ0v) is 13.4. The third-order valence-electron chi connectivity index (χ3n) is 4.42. The number of nitrogens with two attached hydrogens (primary N) is 1. The highest BCUT2D eigenvalue weighted by molar-refractivity contribution is 7.98. The van der Waals surface area contributed by atoms with Gasteiger partial charge in [0.25, 0.3) is 0 Å². The van der Waals surface area contributed by atoms with Gasteiger partial charge in [0.1, 0.15) is 0 Å². The molecule has 0 aromatic carbocycles. The fourth-order valence-electron chi connectivity index (χ4n) is 2.83. The first-order valence-corrected chi connectivity index (χ1v) is 8.39. The number of likely N-dealkylation sites (N-methyl/N-ethyl adjacent to an activating group) is 1. The van der Waals surface area contributed by atoms with Crippen molar-refractivity contribution in [3.05, 3.63) is 0 Å². The van der Waals surface area contributed by atoms with Gasteiger partial charge < -0.3 is 10.5 Å². The van der Waals surface area contributed by atoms with Crippen molar-refractivity contribution in [3.8, 4) is 0 Å². The van der Waals surface area contributed by atoms with Crippen molar-refractivity contribution in [1.82, 2.24) is 4.90 Å². The molecule has 1 rings (SSSR count). The summed E-state index contributed by atoms with van der Waals surface area (Å²) in [6, 6.07) is 0.564. The van der Waals surface area contributed by atoms with Crippen molar-refractivity contribution in [1.29, 1.82) is 0 Å². The van der Waals surface area contributed by atoms with Crippen LogP contribution >= 0.6 is 11.8 Å². The van der Waals surface area contributed by atoms with Crippen LogP contribution in [-0.4, -0.2) is 54.8 Å². The van der Waals surface area contributed by atoms with Gasteiger partial charge in [-0.05, 0) is 39.0 Å². The molecule has 0 bridgehead atoms. The van der Waals surface area contributed by atoms with Gasteiger partial charge in [-0.1, -0.05) is 13.8 Å². The van der Waals surface area contributed by atoms with Gasteiger partial charge in [-0.2, -0.15) is 11.8 Å². The number of rotatable bonds is 6. The summed E-state index contributed by atoms with van der Waals surface area (Å²) in [7, 11) is 2.23. The maximum Gasteiger partial charge on any atom is 0.0616 e. The van der Waals surface area contributed by atoms with Crippen LogP contribution in [0.1, 0.15) is 33.6 Å². The Morgan fingerprint density at radius 1 is 1.44 bits per heavy atom. The highest BCUT2D eigenvalue weighted by atomic mass is 32.2. The molecule has 0 saturated carbocycles. The fourth-order valence-corrected chi connectivity index (χ4v) is 3.54. The van der Waals surface area contributed by atoms with Gasteiger partial charge in [0.05, 0.1) is 6.10 Å². The van der Waals surface area contributed by atoms with E-state index in [2.05, 4.69) is 39.0 Å². The Balaban J connectivity index is 2.77. The van der Waals surface area contributed by atoms with Crippen LogP contribution in [0.2, 0.25) is 0 Å². The van der Waals surface area contributed by atoms with Gasteiger partial charge >= 0.3 is 0 Å². The summed E-state index contributed by atoms with van der Waals surface area (Å²) in [5.74, 6) is 1.73. The van der Waals surface area contributed by atoms with E-state index in [0.717, 1.165) is 31.7 Å². The lowest BCUT2D eigenvalue weighted by atomic mass is 9.81. The van der Waals surface area contributed by atoms with Crippen molar-refractivity contribution in [2.45, 2.75) is 51.3 Å². The van der Waals surface area contributed by atoms with E-state index >= 15 is 0 Å². The quantitative estimate of drug-likeness (QED) is 0.806. The van der Waals surface area contributed by atoms with Crippen molar-refractivity contribution < 1.29 is 4.74 Å². The second kappa shape index (κ2) is 7.13. The lowest BCUT2D eigenvalue weighted by Gasteiger charge is -2.49. The van der Waals surface area contributed by atoms with Gasteiger partial charge in [0, 0.05) is 30.5 Å². The first kappa shape index (κ1) is 16.3. The Morgan fingerprint density at radius 2 is 2.11 bits per heavy atom. The Bertz CT molecular complexity index is 250. The predicted octanol–water partition coefficient (Wildman–Crippen LogP) is 2.20. The smallest absolute Gasteiger partial charge is 0.0616 e.